The van der Waals surface area contributed by atoms with Crippen LogP contribution in [0.3, 0.4) is 0 Å². The van der Waals surface area contributed by atoms with Crippen LogP contribution in [-0.4, -0.2) is 26.4 Å². The first-order valence-electron chi connectivity index (χ1n) is 5.64. The third-order valence-corrected chi connectivity index (χ3v) is 2.73. The van der Waals surface area contributed by atoms with Crippen LogP contribution in [0.15, 0.2) is 42.5 Å². The Bertz CT molecular complexity index is 734. The highest BCUT2D eigenvalue weighted by atomic mass is 16.3. The number of amides is 1. The molecule has 0 radical (unpaired) electrons. The molecule has 1 aromatic heterocycles. The first-order valence-corrected chi connectivity index (χ1v) is 5.64. The van der Waals surface area contributed by atoms with Crippen molar-refractivity contribution in [3.63, 3.8) is 0 Å². The molecule has 1 amide bonds. The Kier molecular flexibility index (Phi) is 2.60. The summed E-state index contributed by atoms with van der Waals surface area (Å²) in [5.41, 5.74) is 2.28. The Hall–Kier alpha value is -2.89. The molecule has 0 spiro atoms. The lowest BCUT2D eigenvalue weighted by Crippen LogP contribution is -2.12. The molecule has 6 heteroatoms. The molecule has 94 valence electrons. The number of hydrogen-bond donors (Lipinski definition) is 3. The van der Waals surface area contributed by atoms with E-state index in [1.54, 1.807) is 30.3 Å². The van der Waals surface area contributed by atoms with Crippen molar-refractivity contribution in [3.05, 3.63) is 48.0 Å². The molecule has 0 bridgehead atoms. The zero-order valence-corrected chi connectivity index (χ0v) is 9.79. The van der Waals surface area contributed by atoms with E-state index >= 15 is 0 Å². The van der Waals surface area contributed by atoms with Gasteiger partial charge in [-0.1, -0.05) is 11.3 Å². The summed E-state index contributed by atoms with van der Waals surface area (Å²) >= 11 is 0. The minimum Gasteiger partial charge on any atom is -0.508 e. The van der Waals surface area contributed by atoms with E-state index in [-0.39, 0.29) is 11.7 Å². The van der Waals surface area contributed by atoms with Crippen molar-refractivity contribution in [1.82, 2.24) is 15.4 Å². The van der Waals surface area contributed by atoms with E-state index in [9.17, 15) is 9.90 Å². The summed E-state index contributed by atoms with van der Waals surface area (Å²) < 4.78 is 0. The van der Waals surface area contributed by atoms with Gasteiger partial charge in [0, 0.05) is 5.69 Å². The fraction of sp³-hybridized carbons (Fsp3) is 0. The number of carbonyl (C=O) groups is 1. The topological polar surface area (TPSA) is 90.9 Å². The highest BCUT2D eigenvalue weighted by molar-refractivity contribution is 6.11. The summed E-state index contributed by atoms with van der Waals surface area (Å²) in [6, 6.07) is 11.5. The third kappa shape index (κ3) is 2.11. The van der Waals surface area contributed by atoms with Gasteiger partial charge in [-0.25, -0.2) is 0 Å². The third-order valence-electron chi connectivity index (χ3n) is 2.73. The van der Waals surface area contributed by atoms with Crippen molar-refractivity contribution < 1.29 is 9.90 Å². The van der Waals surface area contributed by atoms with Crippen LogP contribution in [0.25, 0.3) is 11.0 Å². The number of phenols is 1. The molecule has 0 saturated heterocycles. The van der Waals surface area contributed by atoms with Gasteiger partial charge in [0.1, 0.15) is 11.3 Å². The van der Waals surface area contributed by atoms with E-state index in [1.807, 2.05) is 0 Å². The predicted octanol–water partition coefficient (Wildman–Crippen LogP) is 1.92. The number of aromatic amines is 1. The Morgan fingerprint density at radius 2 is 1.95 bits per heavy atom. The number of fused-ring (bicyclic) bond motifs is 1. The van der Waals surface area contributed by atoms with Gasteiger partial charge in [-0.2, -0.15) is 0 Å². The second kappa shape index (κ2) is 4.41. The summed E-state index contributed by atoms with van der Waals surface area (Å²) in [6.07, 6.45) is 0. The number of H-pyrrole nitrogens is 1. The molecule has 6 nitrogen and oxygen atoms in total. The molecule has 0 aliphatic carbocycles. The SMILES string of the molecule is O=C(Nc1ccc(O)cc1)c1cccc2[nH]nnc12. The van der Waals surface area contributed by atoms with Crippen LogP contribution in [0.5, 0.6) is 5.75 Å². The zero-order chi connectivity index (χ0) is 13.2. The molecule has 3 rings (SSSR count). The van der Waals surface area contributed by atoms with E-state index in [4.69, 9.17) is 0 Å². The van der Waals surface area contributed by atoms with Crippen molar-refractivity contribution >= 4 is 22.6 Å². The second-order valence-electron chi connectivity index (χ2n) is 4.01. The van der Waals surface area contributed by atoms with E-state index in [1.165, 1.54) is 12.1 Å². The van der Waals surface area contributed by atoms with Crippen LogP contribution in [0.4, 0.5) is 5.69 Å². The number of nitrogens with zero attached hydrogens (tertiary/aromatic N) is 2. The van der Waals surface area contributed by atoms with E-state index in [0.717, 1.165) is 0 Å². The Labute approximate surface area is 108 Å². The Morgan fingerprint density at radius 3 is 2.74 bits per heavy atom. The minimum absolute atomic E-state index is 0.150. The van der Waals surface area contributed by atoms with Crippen molar-refractivity contribution in [3.8, 4) is 5.75 Å². The van der Waals surface area contributed by atoms with Crippen LogP contribution in [0, 0.1) is 0 Å². The quantitative estimate of drug-likeness (QED) is 0.609. The summed E-state index contributed by atoms with van der Waals surface area (Å²) in [5, 5.41) is 22.2. The molecule has 0 aliphatic heterocycles. The van der Waals surface area contributed by atoms with Crippen LogP contribution in [-0.2, 0) is 0 Å². The molecule has 0 aliphatic rings. The normalized spacial score (nSPS) is 10.5. The van der Waals surface area contributed by atoms with Gasteiger partial charge in [0.25, 0.3) is 5.91 Å². The van der Waals surface area contributed by atoms with E-state index < -0.39 is 0 Å². The Morgan fingerprint density at radius 1 is 1.16 bits per heavy atom. The maximum Gasteiger partial charge on any atom is 0.258 e. The van der Waals surface area contributed by atoms with Crippen LogP contribution < -0.4 is 5.32 Å². The Balaban J connectivity index is 1.92. The smallest absolute Gasteiger partial charge is 0.258 e. The molecule has 3 aromatic rings. The highest BCUT2D eigenvalue weighted by Crippen LogP contribution is 2.17. The number of carbonyl (C=O) groups excluding carboxylic acids is 1. The van der Waals surface area contributed by atoms with Gasteiger partial charge < -0.3 is 10.4 Å². The van der Waals surface area contributed by atoms with E-state index in [2.05, 4.69) is 20.7 Å². The van der Waals surface area contributed by atoms with Gasteiger partial charge in [0.15, 0.2) is 0 Å². The standard InChI is InChI=1S/C13H10N4O2/c18-9-6-4-8(5-7-9)14-13(19)10-2-1-3-11-12(10)16-17-15-11/h1-7,18H,(H,14,19)(H,15,16,17). The number of nitrogens with one attached hydrogen (secondary N) is 2. The molecule has 0 saturated carbocycles. The van der Waals surface area contributed by atoms with Gasteiger partial charge >= 0.3 is 0 Å². The number of aromatic hydroxyl groups is 1. The molecular weight excluding hydrogens is 244 g/mol. The predicted molar refractivity (Wildman–Crippen MR) is 69.9 cm³/mol. The number of aromatic nitrogens is 3. The average Bonchev–Trinajstić information content (AvgIpc) is 2.89. The molecular formula is C13H10N4O2. The van der Waals surface area contributed by atoms with Crippen molar-refractivity contribution in [1.29, 1.82) is 0 Å². The maximum atomic E-state index is 12.2. The lowest BCUT2D eigenvalue weighted by Gasteiger charge is -2.05. The number of phenolic OH excluding ortho intramolecular Hbond substituents is 1. The highest BCUT2D eigenvalue weighted by Gasteiger charge is 2.12. The van der Waals surface area contributed by atoms with Crippen molar-refractivity contribution in [2.75, 3.05) is 5.32 Å². The summed E-state index contributed by atoms with van der Waals surface area (Å²) in [4.78, 5) is 12.2. The van der Waals surface area contributed by atoms with E-state index in [0.29, 0.717) is 22.3 Å². The average molecular weight is 254 g/mol. The largest absolute Gasteiger partial charge is 0.508 e. The number of anilines is 1. The first kappa shape index (κ1) is 11.2. The molecule has 0 fully saturated rings. The fourth-order valence-corrected chi connectivity index (χ4v) is 1.80. The van der Waals surface area contributed by atoms with Gasteiger partial charge in [-0.15, -0.1) is 5.10 Å². The zero-order valence-electron chi connectivity index (χ0n) is 9.79. The maximum absolute atomic E-state index is 12.2. The fourth-order valence-electron chi connectivity index (χ4n) is 1.80. The van der Waals surface area contributed by atoms with Crippen LogP contribution in [0.2, 0.25) is 0 Å². The molecule has 3 N–H and O–H groups in total. The summed E-state index contributed by atoms with van der Waals surface area (Å²) in [7, 11) is 0. The van der Waals surface area contributed by atoms with Crippen molar-refractivity contribution in [2.24, 2.45) is 0 Å². The van der Waals surface area contributed by atoms with Gasteiger partial charge in [0.2, 0.25) is 0 Å². The lowest BCUT2D eigenvalue weighted by atomic mass is 10.1. The molecule has 0 unspecified atom stereocenters. The number of rotatable bonds is 2. The monoisotopic (exact) mass is 254 g/mol. The molecule has 2 aromatic carbocycles. The lowest BCUT2D eigenvalue weighted by molar-refractivity contribution is 0.102. The van der Waals surface area contributed by atoms with Crippen LogP contribution in [0.1, 0.15) is 10.4 Å². The first-order chi connectivity index (χ1) is 9.24. The minimum atomic E-state index is -0.273. The van der Waals surface area contributed by atoms with Crippen molar-refractivity contribution in [2.45, 2.75) is 0 Å². The van der Waals surface area contributed by atoms with Gasteiger partial charge in [-0.05, 0) is 36.4 Å². The number of benzene rings is 2. The summed E-state index contributed by atoms with van der Waals surface area (Å²) in [5.74, 6) is -0.123. The van der Waals surface area contributed by atoms with Crippen LogP contribution >= 0.6 is 0 Å². The molecule has 1 heterocycles. The molecule has 19 heavy (non-hydrogen) atoms. The molecule has 0 atom stereocenters. The number of hydrogen-bond acceptors (Lipinski definition) is 4. The second-order valence-corrected chi connectivity index (χ2v) is 4.01. The summed E-state index contributed by atoms with van der Waals surface area (Å²) in [6.45, 7) is 0. The van der Waals surface area contributed by atoms with Gasteiger partial charge in [-0.3, -0.25) is 9.89 Å². The van der Waals surface area contributed by atoms with Gasteiger partial charge in [0.05, 0.1) is 11.1 Å².